The number of halogens is 1. The van der Waals surface area contributed by atoms with Crippen LogP contribution in [0.5, 0.6) is 11.5 Å². The maximum atomic E-state index is 14.1. The number of carbonyl (C=O) groups excluding carboxylic acids is 1. The molecule has 0 bridgehead atoms. The summed E-state index contributed by atoms with van der Waals surface area (Å²) in [5.41, 5.74) is -0.151. The van der Waals surface area contributed by atoms with Crippen molar-refractivity contribution in [2.45, 2.75) is 25.9 Å². The highest BCUT2D eigenvalue weighted by Crippen LogP contribution is 2.58. The van der Waals surface area contributed by atoms with Crippen LogP contribution in [0.4, 0.5) is 4.39 Å². The van der Waals surface area contributed by atoms with Gasteiger partial charge in [-0.15, -0.1) is 0 Å². The van der Waals surface area contributed by atoms with Gasteiger partial charge in [0.2, 0.25) is 0 Å². The van der Waals surface area contributed by atoms with Gasteiger partial charge in [0.05, 0.1) is 25.7 Å². The Balaban J connectivity index is 1.66. The first-order valence-electron chi connectivity index (χ1n) is 7.90. The number of hydrogen-bond donors (Lipinski definition) is 1. The van der Waals surface area contributed by atoms with Crippen LogP contribution in [-0.2, 0) is 9.53 Å². The molecule has 0 aromatic heterocycles. The summed E-state index contributed by atoms with van der Waals surface area (Å²) in [4.78, 5) is 22.9. The van der Waals surface area contributed by atoms with Crippen molar-refractivity contribution in [2.24, 2.45) is 17.8 Å². The predicted octanol–water partition coefficient (Wildman–Crippen LogP) is 2.50. The van der Waals surface area contributed by atoms with Gasteiger partial charge in [0.1, 0.15) is 11.3 Å². The molecule has 0 aliphatic heterocycles. The smallest absolute Gasteiger partial charge is 0.339 e. The Morgan fingerprint density at radius 3 is 2.46 bits per heavy atom. The first-order chi connectivity index (χ1) is 11.5. The Morgan fingerprint density at radius 2 is 1.92 bits per heavy atom. The molecular weight excluding hydrogens is 319 g/mol. The minimum Gasteiger partial charge on any atom is -0.496 e. The van der Waals surface area contributed by atoms with Crippen LogP contribution in [-0.4, -0.2) is 36.9 Å². The van der Waals surface area contributed by atoms with E-state index in [4.69, 9.17) is 19.3 Å². The zero-order valence-electron chi connectivity index (χ0n) is 13.5. The van der Waals surface area contributed by atoms with E-state index in [-0.39, 0.29) is 46.9 Å². The van der Waals surface area contributed by atoms with E-state index in [0.29, 0.717) is 19.4 Å². The van der Waals surface area contributed by atoms with Crippen molar-refractivity contribution < 1.29 is 33.3 Å². The highest BCUT2D eigenvalue weighted by Gasteiger charge is 2.61. The van der Waals surface area contributed by atoms with Crippen molar-refractivity contribution in [3.63, 3.8) is 0 Å². The zero-order valence-corrected chi connectivity index (χ0v) is 13.5. The van der Waals surface area contributed by atoms with Gasteiger partial charge in [-0.25, -0.2) is 9.18 Å². The minimum absolute atomic E-state index is 0.0519. The maximum Gasteiger partial charge on any atom is 0.339 e. The average Bonchev–Trinajstić information content (AvgIpc) is 3.05. The first-order valence-corrected chi connectivity index (χ1v) is 7.90. The summed E-state index contributed by atoms with van der Waals surface area (Å²) in [6, 6.07) is 2.15. The predicted molar refractivity (Wildman–Crippen MR) is 80.7 cm³/mol. The van der Waals surface area contributed by atoms with Gasteiger partial charge in [-0.05, 0) is 31.6 Å². The van der Waals surface area contributed by atoms with Gasteiger partial charge < -0.3 is 19.3 Å². The van der Waals surface area contributed by atoms with Crippen LogP contribution in [0, 0.1) is 23.6 Å². The van der Waals surface area contributed by atoms with Crippen LogP contribution in [0.3, 0.4) is 0 Å². The number of rotatable bonds is 6. The van der Waals surface area contributed by atoms with Crippen molar-refractivity contribution in [3.05, 3.63) is 23.5 Å². The molecule has 1 N–H and O–H groups in total. The zero-order chi connectivity index (χ0) is 17.4. The number of fused-ring (bicyclic) bond motifs is 1. The van der Waals surface area contributed by atoms with E-state index in [1.165, 1.54) is 7.11 Å². The Morgan fingerprint density at radius 1 is 1.25 bits per heavy atom. The molecule has 2 saturated carbocycles. The summed E-state index contributed by atoms with van der Waals surface area (Å²) in [6.45, 7) is 2.14. The summed E-state index contributed by atoms with van der Waals surface area (Å²) < 4.78 is 29.6. The van der Waals surface area contributed by atoms with Crippen LogP contribution in [0.15, 0.2) is 12.1 Å². The number of methoxy groups -OCH3 is 1. The van der Waals surface area contributed by atoms with Gasteiger partial charge in [0.15, 0.2) is 11.6 Å². The highest BCUT2D eigenvalue weighted by molar-refractivity contribution is 5.91. The summed E-state index contributed by atoms with van der Waals surface area (Å²) in [5, 5.41) is 9.16. The molecule has 0 amide bonds. The molecule has 1 aromatic rings. The maximum absolute atomic E-state index is 14.1. The number of aromatic carboxylic acids is 1. The Bertz CT molecular complexity index is 661. The normalized spacial score (nSPS) is 27.3. The van der Waals surface area contributed by atoms with E-state index in [1.807, 2.05) is 0 Å². The molecule has 0 spiro atoms. The molecular formula is C17H19FO6. The fraction of sp³-hybridized carbons (Fsp3) is 0.529. The molecule has 6 nitrogen and oxygen atoms in total. The van der Waals surface area contributed by atoms with Crippen LogP contribution < -0.4 is 9.47 Å². The second-order valence-corrected chi connectivity index (χ2v) is 6.10. The van der Waals surface area contributed by atoms with Crippen molar-refractivity contribution in [1.82, 2.24) is 0 Å². The molecule has 0 saturated heterocycles. The molecule has 7 heteroatoms. The minimum atomic E-state index is -1.21. The number of carbonyl (C=O) groups is 2. The lowest BCUT2D eigenvalue weighted by Crippen LogP contribution is -2.20. The van der Waals surface area contributed by atoms with Crippen molar-refractivity contribution in [3.8, 4) is 11.5 Å². The Labute approximate surface area is 138 Å². The molecule has 130 valence electrons. The van der Waals surface area contributed by atoms with E-state index in [2.05, 4.69) is 0 Å². The molecule has 0 heterocycles. The van der Waals surface area contributed by atoms with Gasteiger partial charge in [0, 0.05) is 12.1 Å². The van der Waals surface area contributed by atoms with Gasteiger partial charge in [-0.3, -0.25) is 4.79 Å². The molecule has 1 aromatic carbocycles. The third-order valence-corrected chi connectivity index (χ3v) is 4.74. The van der Waals surface area contributed by atoms with Crippen molar-refractivity contribution in [2.75, 3.05) is 13.7 Å². The number of carboxylic acids is 1. The summed E-state index contributed by atoms with van der Waals surface area (Å²) >= 11 is 0. The molecule has 3 rings (SSSR count). The number of carboxylic acid groups (broad SMARTS) is 1. The lowest BCUT2D eigenvalue weighted by Gasteiger charge is -2.18. The van der Waals surface area contributed by atoms with Gasteiger partial charge >= 0.3 is 11.9 Å². The van der Waals surface area contributed by atoms with Crippen molar-refractivity contribution in [1.29, 1.82) is 0 Å². The van der Waals surface area contributed by atoms with E-state index >= 15 is 0 Å². The third-order valence-electron chi connectivity index (χ3n) is 4.74. The average molecular weight is 338 g/mol. The quantitative estimate of drug-likeness (QED) is 0.803. The van der Waals surface area contributed by atoms with Crippen molar-refractivity contribution >= 4 is 11.9 Å². The second-order valence-electron chi connectivity index (χ2n) is 6.10. The summed E-state index contributed by atoms with van der Waals surface area (Å²) in [6.07, 6.45) is 1.06. The SMILES string of the molecule is CCOC(=O)C1[C@H]2CC(Oc3cc(C(=O)O)c(OC)cc3F)C[C@@H]12. The molecule has 2 aliphatic rings. The first kappa shape index (κ1) is 16.5. The molecule has 0 radical (unpaired) electrons. The number of ether oxygens (including phenoxy) is 3. The topological polar surface area (TPSA) is 82.1 Å². The Hall–Kier alpha value is -2.31. The standard InChI is InChI=1S/C17H19FO6/c1-3-23-17(21)15-9-4-8(5-10(9)15)24-14-6-11(16(19)20)13(22-2)7-12(14)18/h6-10,15H,3-5H2,1-2H3,(H,19,20)/t8?,9-,10+,15?. The monoisotopic (exact) mass is 338 g/mol. The van der Waals surface area contributed by atoms with Crippen LogP contribution in [0.25, 0.3) is 0 Å². The van der Waals surface area contributed by atoms with Gasteiger partial charge in [0.25, 0.3) is 0 Å². The fourth-order valence-corrected chi connectivity index (χ4v) is 3.62. The third kappa shape index (κ3) is 2.90. The lowest BCUT2D eigenvalue weighted by molar-refractivity contribution is -0.145. The molecule has 2 fully saturated rings. The lowest BCUT2D eigenvalue weighted by atomic mass is 10.1. The highest BCUT2D eigenvalue weighted by atomic mass is 19.1. The van der Waals surface area contributed by atoms with E-state index in [1.54, 1.807) is 6.92 Å². The van der Waals surface area contributed by atoms with Crippen LogP contribution >= 0.6 is 0 Å². The van der Waals surface area contributed by atoms with Gasteiger partial charge in [-0.2, -0.15) is 0 Å². The van der Waals surface area contributed by atoms with E-state index in [0.717, 1.165) is 12.1 Å². The largest absolute Gasteiger partial charge is 0.496 e. The number of hydrogen-bond acceptors (Lipinski definition) is 5. The second kappa shape index (κ2) is 6.30. The summed E-state index contributed by atoms with van der Waals surface area (Å²) in [5.74, 6) is -1.85. The molecule has 24 heavy (non-hydrogen) atoms. The van der Waals surface area contributed by atoms with Crippen LogP contribution in [0.2, 0.25) is 0 Å². The fourth-order valence-electron chi connectivity index (χ4n) is 3.62. The molecule has 2 aliphatic carbocycles. The van der Waals surface area contributed by atoms with E-state index in [9.17, 15) is 14.0 Å². The van der Waals surface area contributed by atoms with Gasteiger partial charge in [-0.1, -0.05) is 0 Å². The van der Waals surface area contributed by atoms with Crippen LogP contribution in [0.1, 0.15) is 30.1 Å². The summed E-state index contributed by atoms with van der Waals surface area (Å²) in [7, 11) is 1.28. The Kier molecular flexibility index (Phi) is 4.34. The molecule has 4 atom stereocenters. The number of esters is 1. The number of benzene rings is 1. The molecule has 2 unspecified atom stereocenters. The van der Waals surface area contributed by atoms with E-state index < -0.39 is 11.8 Å².